The average molecular weight is 459 g/mol. The Hall–Kier alpha value is -1.55. The van der Waals surface area contributed by atoms with Gasteiger partial charge in [0.2, 0.25) is 6.33 Å². The van der Waals surface area contributed by atoms with Gasteiger partial charge in [0.15, 0.2) is 5.03 Å². The van der Waals surface area contributed by atoms with Gasteiger partial charge < -0.3 is 21.9 Å². The number of nitrogens with zero attached hydrogens (tertiary/aromatic N) is 6. The number of benzene rings is 1. The second-order valence-corrected chi connectivity index (χ2v) is 6.75. The number of hydrazine groups is 1. The van der Waals surface area contributed by atoms with Crippen LogP contribution in [0.2, 0.25) is 0 Å². The summed E-state index contributed by atoms with van der Waals surface area (Å²) in [7, 11) is 2.03. The summed E-state index contributed by atoms with van der Waals surface area (Å²) in [5.41, 5.74) is 1.99. The van der Waals surface area contributed by atoms with Gasteiger partial charge in [-0.3, -0.25) is 0 Å². The Bertz CT molecular complexity index is 762. The minimum atomic E-state index is 0. The van der Waals surface area contributed by atoms with Crippen molar-refractivity contribution in [1.29, 1.82) is 0 Å². The lowest BCUT2D eigenvalue weighted by Crippen LogP contribution is -3.00. The monoisotopic (exact) mass is 457 g/mol. The average Bonchev–Trinajstić information content (AvgIpc) is 3.23. The Kier molecular flexibility index (Phi) is 7.95. The van der Waals surface area contributed by atoms with Crippen LogP contribution in [0.4, 0.5) is 11.4 Å². The number of imidazole rings is 1. The van der Waals surface area contributed by atoms with Crippen molar-refractivity contribution < 1.29 is 21.5 Å². The molecule has 2 aromatic rings. The molecule has 0 aliphatic carbocycles. The largest absolute Gasteiger partial charge is 1.00 e. The standard InChI is InChI=1S/C16H21ClN7S.BrH/c1-3-23(11-10-22-9-8-21(2)13-22)15-6-4-14(5-7-15)18-19-16-12-24(17)20-25-16;/h4-9,12-13,20H,3,10-11H2,1-2H3;1H/q+1;/p-1. The molecule has 0 atom stereocenters. The molecule has 0 spiro atoms. The highest BCUT2D eigenvalue weighted by Gasteiger charge is 2.10. The van der Waals surface area contributed by atoms with E-state index in [9.17, 15) is 0 Å². The maximum absolute atomic E-state index is 5.75. The number of aryl methyl sites for hydroxylation is 1. The van der Waals surface area contributed by atoms with Crippen molar-refractivity contribution in [3.05, 3.63) is 54.2 Å². The smallest absolute Gasteiger partial charge is 0.243 e. The maximum atomic E-state index is 5.75. The van der Waals surface area contributed by atoms with E-state index >= 15 is 0 Å². The van der Waals surface area contributed by atoms with Crippen LogP contribution < -0.4 is 31.3 Å². The van der Waals surface area contributed by atoms with E-state index in [1.54, 1.807) is 6.20 Å². The highest BCUT2D eigenvalue weighted by molar-refractivity contribution is 8.01. The molecule has 3 rings (SSSR count). The molecular formula is C16H21BrClN7S. The fourth-order valence-corrected chi connectivity index (χ4v) is 3.19. The van der Waals surface area contributed by atoms with E-state index in [1.165, 1.54) is 22.2 Å². The molecule has 0 amide bonds. The van der Waals surface area contributed by atoms with Crippen molar-refractivity contribution >= 4 is 35.1 Å². The molecule has 2 heterocycles. The molecule has 0 saturated carbocycles. The van der Waals surface area contributed by atoms with E-state index in [4.69, 9.17) is 11.8 Å². The molecule has 7 nitrogen and oxygen atoms in total. The Morgan fingerprint density at radius 3 is 2.62 bits per heavy atom. The molecule has 1 aromatic carbocycles. The van der Waals surface area contributed by atoms with Crippen molar-refractivity contribution in [2.45, 2.75) is 13.5 Å². The highest BCUT2D eigenvalue weighted by atomic mass is 79.9. The van der Waals surface area contributed by atoms with Gasteiger partial charge in [0.25, 0.3) is 0 Å². The van der Waals surface area contributed by atoms with Crippen LogP contribution in [0.1, 0.15) is 6.92 Å². The third-order valence-corrected chi connectivity index (χ3v) is 4.74. The molecule has 140 valence electrons. The summed E-state index contributed by atoms with van der Waals surface area (Å²) in [5, 5.41) is 9.11. The van der Waals surface area contributed by atoms with Gasteiger partial charge in [-0.25, -0.2) is 13.7 Å². The summed E-state index contributed by atoms with van der Waals surface area (Å²) in [4.78, 5) is 5.16. The number of halogens is 2. The zero-order valence-corrected chi connectivity index (χ0v) is 17.7. The lowest BCUT2D eigenvalue weighted by molar-refractivity contribution is -0.671. The summed E-state index contributed by atoms with van der Waals surface area (Å²) in [6.07, 6.45) is 7.89. The van der Waals surface area contributed by atoms with Gasteiger partial charge in [-0.1, -0.05) is 0 Å². The number of anilines is 1. The molecule has 1 aliphatic heterocycles. The van der Waals surface area contributed by atoms with E-state index in [0.29, 0.717) is 5.03 Å². The van der Waals surface area contributed by atoms with Crippen LogP contribution in [0.15, 0.2) is 64.4 Å². The Balaban J connectivity index is 0.00000243. The highest BCUT2D eigenvalue weighted by Crippen LogP contribution is 2.26. The van der Waals surface area contributed by atoms with Crippen LogP contribution in [-0.2, 0) is 13.6 Å². The first-order chi connectivity index (χ1) is 12.1. The van der Waals surface area contributed by atoms with Crippen molar-refractivity contribution in [1.82, 2.24) is 13.9 Å². The number of likely N-dealkylation sites (N-methyl/N-ethyl adjacent to an activating group) is 1. The normalized spacial score (nSPS) is 13.8. The molecule has 0 fully saturated rings. The molecule has 0 unspecified atom stereocenters. The van der Waals surface area contributed by atoms with Gasteiger partial charge in [-0.15, -0.1) is 10.2 Å². The fourth-order valence-electron chi connectivity index (χ4n) is 2.46. The van der Waals surface area contributed by atoms with E-state index < -0.39 is 0 Å². The third-order valence-electron chi connectivity index (χ3n) is 3.77. The SMILES string of the molecule is CCN(CCn1cc[n+](C)c1)c1ccc(N=NC2=CN(Cl)NS2)cc1.[Br-]. The second kappa shape index (κ2) is 9.96. The van der Waals surface area contributed by atoms with E-state index in [0.717, 1.165) is 25.3 Å². The molecular weight excluding hydrogens is 438 g/mol. The molecule has 0 bridgehead atoms. The Morgan fingerprint density at radius 2 is 2.04 bits per heavy atom. The van der Waals surface area contributed by atoms with Gasteiger partial charge in [-0.2, -0.15) is 4.83 Å². The zero-order chi connectivity index (χ0) is 17.6. The predicted octanol–water partition coefficient (Wildman–Crippen LogP) is 0.348. The fraction of sp³-hybridized carbons (Fsp3) is 0.312. The van der Waals surface area contributed by atoms with Gasteiger partial charge >= 0.3 is 0 Å². The molecule has 1 aromatic heterocycles. The van der Waals surface area contributed by atoms with Crippen molar-refractivity contribution in [3.8, 4) is 0 Å². The van der Waals surface area contributed by atoms with Crippen LogP contribution in [0.5, 0.6) is 0 Å². The van der Waals surface area contributed by atoms with Crippen LogP contribution in [-0.4, -0.2) is 22.2 Å². The van der Waals surface area contributed by atoms with E-state index in [1.807, 2.05) is 29.9 Å². The van der Waals surface area contributed by atoms with Crippen LogP contribution in [0.25, 0.3) is 0 Å². The molecule has 1 N–H and O–H groups in total. The van der Waals surface area contributed by atoms with Crippen molar-refractivity contribution in [3.63, 3.8) is 0 Å². The minimum absolute atomic E-state index is 0. The summed E-state index contributed by atoms with van der Waals surface area (Å²) in [5.74, 6) is 0. The molecule has 1 aliphatic rings. The van der Waals surface area contributed by atoms with Gasteiger partial charge in [0.05, 0.1) is 25.5 Å². The quantitative estimate of drug-likeness (QED) is 0.282. The van der Waals surface area contributed by atoms with Crippen molar-refractivity contribution in [2.24, 2.45) is 17.3 Å². The first-order valence-corrected chi connectivity index (χ1v) is 9.16. The lowest BCUT2D eigenvalue weighted by Gasteiger charge is -2.22. The minimum Gasteiger partial charge on any atom is -1.00 e. The number of rotatable bonds is 7. The van der Waals surface area contributed by atoms with Crippen LogP contribution >= 0.6 is 23.7 Å². The number of azo groups is 1. The number of hydrogen-bond acceptors (Lipinski definition) is 6. The number of nitrogens with one attached hydrogen (secondary N) is 1. The first kappa shape index (κ1) is 20.8. The summed E-state index contributed by atoms with van der Waals surface area (Å²) < 4.78 is 5.56. The van der Waals surface area contributed by atoms with Gasteiger partial charge in [0.1, 0.15) is 18.9 Å². The molecule has 0 radical (unpaired) electrons. The summed E-state index contributed by atoms with van der Waals surface area (Å²) in [6, 6.07) is 8.11. The summed E-state index contributed by atoms with van der Waals surface area (Å²) >= 11 is 7.07. The Morgan fingerprint density at radius 1 is 1.27 bits per heavy atom. The third kappa shape index (κ3) is 5.73. The number of aromatic nitrogens is 2. The summed E-state index contributed by atoms with van der Waals surface area (Å²) in [6.45, 7) is 5.02. The van der Waals surface area contributed by atoms with E-state index in [-0.39, 0.29) is 17.0 Å². The lowest BCUT2D eigenvalue weighted by atomic mass is 10.2. The first-order valence-electron chi connectivity index (χ1n) is 8.01. The topological polar surface area (TPSA) is 52.0 Å². The molecule has 26 heavy (non-hydrogen) atoms. The van der Waals surface area contributed by atoms with Crippen molar-refractivity contribution in [2.75, 3.05) is 18.0 Å². The molecule has 10 heteroatoms. The second-order valence-electron chi connectivity index (χ2n) is 5.58. The van der Waals surface area contributed by atoms with Crippen LogP contribution in [0.3, 0.4) is 0 Å². The van der Waals surface area contributed by atoms with Gasteiger partial charge in [-0.05, 0) is 31.2 Å². The molecule has 0 saturated heterocycles. The predicted molar refractivity (Wildman–Crippen MR) is 101 cm³/mol. The van der Waals surface area contributed by atoms with Gasteiger partial charge in [0, 0.05) is 36.0 Å². The maximum Gasteiger partial charge on any atom is 0.243 e. The zero-order valence-electron chi connectivity index (χ0n) is 14.6. The van der Waals surface area contributed by atoms with E-state index in [2.05, 4.69) is 56.1 Å². The van der Waals surface area contributed by atoms with Crippen LogP contribution in [0, 0.1) is 0 Å². The number of hydrogen-bond donors (Lipinski definition) is 1. The Labute approximate surface area is 173 Å².